The van der Waals surface area contributed by atoms with Crippen LogP contribution in [0.15, 0.2) is 11.8 Å². The van der Waals surface area contributed by atoms with Crippen LogP contribution in [0.2, 0.25) is 0 Å². The van der Waals surface area contributed by atoms with E-state index < -0.39 is 33.4 Å². The topological polar surface area (TPSA) is 72.9 Å². The predicted octanol–water partition coefficient (Wildman–Crippen LogP) is 0.224. The standard InChI is InChI=1S/C8H10F3NO5S/c1-12-4-3-5(6(12)7(13)16-2)17-18(14,15)8(9,10)11/h3,6H,4H2,1-2H3/t6-/m0/s1. The van der Waals surface area contributed by atoms with Crippen LogP contribution in [0.25, 0.3) is 0 Å². The molecule has 0 aromatic rings. The number of hydrogen-bond acceptors (Lipinski definition) is 6. The monoisotopic (exact) mass is 289 g/mol. The number of nitrogens with zero attached hydrogens (tertiary/aromatic N) is 1. The summed E-state index contributed by atoms with van der Waals surface area (Å²) in [6, 6.07) is -1.30. The average Bonchev–Trinajstić information content (AvgIpc) is 2.56. The number of rotatable bonds is 3. The van der Waals surface area contributed by atoms with E-state index in [1.807, 2.05) is 0 Å². The van der Waals surface area contributed by atoms with Crippen molar-refractivity contribution in [2.75, 3.05) is 20.7 Å². The summed E-state index contributed by atoms with van der Waals surface area (Å²) in [5.41, 5.74) is -5.55. The van der Waals surface area contributed by atoms with Gasteiger partial charge >= 0.3 is 21.6 Å². The first-order chi connectivity index (χ1) is 8.10. The molecular formula is C8H10F3NO5S. The van der Waals surface area contributed by atoms with E-state index in [9.17, 15) is 26.4 Å². The Bertz CT molecular complexity index is 470. The molecule has 0 aromatic carbocycles. The quantitative estimate of drug-likeness (QED) is 0.420. The van der Waals surface area contributed by atoms with Gasteiger partial charge in [0.2, 0.25) is 0 Å². The molecule has 0 amide bonds. The first kappa shape index (κ1) is 14.8. The molecule has 1 aliphatic heterocycles. The summed E-state index contributed by atoms with van der Waals surface area (Å²) < 4.78 is 66.3. The van der Waals surface area contributed by atoms with Crippen molar-refractivity contribution in [3.05, 3.63) is 11.8 Å². The SMILES string of the molecule is COC(=O)[C@@H]1C(OS(=O)(=O)C(F)(F)F)=CCN1C. The van der Waals surface area contributed by atoms with Crippen molar-refractivity contribution in [2.45, 2.75) is 11.6 Å². The van der Waals surface area contributed by atoms with E-state index in [0.29, 0.717) is 0 Å². The van der Waals surface area contributed by atoms with Crippen molar-refractivity contribution in [3.8, 4) is 0 Å². The molecule has 0 saturated heterocycles. The Hall–Kier alpha value is -1.29. The molecule has 0 aliphatic carbocycles. The molecule has 0 spiro atoms. The Morgan fingerprint density at radius 2 is 2.06 bits per heavy atom. The molecule has 18 heavy (non-hydrogen) atoms. The summed E-state index contributed by atoms with van der Waals surface area (Å²) >= 11 is 0. The zero-order chi connectivity index (χ0) is 14.1. The van der Waals surface area contributed by atoms with Gasteiger partial charge in [0.15, 0.2) is 6.04 Å². The largest absolute Gasteiger partial charge is 0.534 e. The highest BCUT2D eigenvalue weighted by Gasteiger charge is 2.50. The van der Waals surface area contributed by atoms with E-state index in [4.69, 9.17) is 0 Å². The molecule has 1 heterocycles. The minimum atomic E-state index is -5.78. The highest BCUT2D eigenvalue weighted by Crippen LogP contribution is 2.30. The molecule has 0 unspecified atom stereocenters. The number of alkyl halides is 3. The Morgan fingerprint density at radius 3 is 2.50 bits per heavy atom. The van der Waals surface area contributed by atoms with Crippen LogP contribution in [0.5, 0.6) is 0 Å². The van der Waals surface area contributed by atoms with Crippen LogP contribution in [0.1, 0.15) is 0 Å². The Morgan fingerprint density at radius 1 is 1.50 bits per heavy atom. The summed E-state index contributed by atoms with van der Waals surface area (Å²) in [6.07, 6.45) is 1.07. The number of halogens is 3. The second-order valence-electron chi connectivity index (χ2n) is 3.45. The van der Waals surface area contributed by atoms with Gasteiger partial charge in [-0.3, -0.25) is 4.90 Å². The second-order valence-corrected chi connectivity index (χ2v) is 4.99. The molecule has 10 heteroatoms. The molecule has 1 aliphatic rings. The molecule has 0 fully saturated rings. The van der Waals surface area contributed by atoms with Crippen molar-refractivity contribution in [2.24, 2.45) is 0 Å². The van der Waals surface area contributed by atoms with E-state index >= 15 is 0 Å². The maximum Gasteiger partial charge on any atom is 0.534 e. The number of esters is 1. The highest BCUT2D eigenvalue weighted by molar-refractivity contribution is 7.87. The number of carbonyl (C=O) groups is 1. The third kappa shape index (κ3) is 2.75. The molecular weight excluding hydrogens is 279 g/mol. The minimum Gasteiger partial charge on any atom is -0.467 e. The van der Waals surface area contributed by atoms with Crippen molar-refractivity contribution in [1.29, 1.82) is 0 Å². The lowest BCUT2D eigenvalue weighted by Crippen LogP contribution is -2.38. The lowest BCUT2D eigenvalue weighted by molar-refractivity contribution is -0.145. The summed E-state index contributed by atoms with van der Waals surface area (Å²) in [7, 11) is -3.34. The van der Waals surface area contributed by atoms with E-state index in [1.165, 1.54) is 11.9 Å². The number of carbonyl (C=O) groups excluding carboxylic acids is 1. The van der Waals surface area contributed by atoms with Crippen molar-refractivity contribution >= 4 is 16.1 Å². The highest BCUT2D eigenvalue weighted by atomic mass is 32.2. The van der Waals surface area contributed by atoms with Gasteiger partial charge in [-0.25, -0.2) is 4.79 Å². The molecule has 1 rings (SSSR count). The molecule has 0 aromatic heterocycles. The Balaban J connectivity index is 2.95. The van der Waals surface area contributed by atoms with Gasteiger partial charge in [0.25, 0.3) is 0 Å². The fourth-order valence-electron chi connectivity index (χ4n) is 1.33. The summed E-state index contributed by atoms with van der Waals surface area (Å²) in [4.78, 5) is 12.6. The average molecular weight is 289 g/mol. The first-order valence-corrected chi connectivity index (χ1v) is 6.00. The third-order valence-electron chi connectivity index (χ3n) is 2.20. The smallest absolute Gasteiger partial charge is 0.467 e. The van der Waals surface area contributed by atoms with Gasteiger partial charge in [-0.1, -0.05) is 0 Å². The van der Waals surface area contributed by atoms with Gasteiger partial charge in [-0.15, -0.1) is 0 Å². The number of hydrogen-bond donors (Lipinski definition) is 0. The maximum atomic E-state index is 12.1. The van der Waals surface area contributed by atoms with Crippen LogP contribution >= 0.6 is 0 Å². The lowest BCUT2D eigenvalue weighted by Gasteiger charge is -2.20. The second kappa shape index (κ2) is 4.76. The van der Waals surface area contributed by atoms with Gasteiger partial charge in [0.05, 0.1) is 7.11 Å². The fraction of sp³-hybridized carbons (Fsp3) is 0.625. The van der Waals surface area contributed by atoms with E-state index in [0.717, 1.165) is 13.2 Å². The van der Waals surface area contributed by atoms with Crippen LogP contribution in [-0.4, -0.2) is 51.5 Å². The van der Waals surface area contributed by atoms with E-state index in [1.54, 1.807) is 0 Å². The molecule has 0 N–H and O–H groups in total. The summed E-state index contributed by atoms with van der Waals surface area (Å²) in [5.74, 6) is -1.51. The van der Waals surface area contributed by atoms with E-state index in [2.05, 4.69) is 8.92 Å². The van der Waals surface area contributed by atoms with Crippen LogP contribution in [-0.2, 0) is 23.8 Å². The Kier molecular flexibility index (Phi) is 3.91. The van der Waals surface area contributed by atoms with Gasteiger partial charge < -0.3 is 8.92 Å². The first-order valence-electron chi connectivity index (χ1n) is 4.59. The van der Waals surface area contributed by atoms with Crippen LogP contribution in [0.4, 0.5) is 13.2 Å². The van der Waals surface area contributed by atoms with E-state index in [-0.39, 0.29) is 6.54 Å². The molecule has 1 atom stereocenters. The molecule has 0 saturated carbocycles. The summed E-state index contributed by atoms with van der Waals surface area (Å²) in [6.45, 7) is 0.0719. The predicted molar refractivity (Wildman–Crippen MR) is 52.6 cm³/mol. The lowest BCUT2D eigenvalue weighted by atomic mass is 10.3. The van der Waals surface area contributed by atoms with Crippen molar-refractivity contribution in [3.63, 3.8) is 0 Å². The van der Waals surface area contributed by atoms with Crippen molar-refractivity contribution < 1.29 is 35.3 Å². The zero-order valence-corrected chi connectivity index (χ0v) is 10.2. The number of ether oxygens (including phenoxy) is 1. The number of likely N-dealkylation sites (N-methyl/N-ethyl adjacent to an activating group) is 1. The van der Waals surface area contributed by atoms with Crippen LogP contribution in [0, 0.1) is 0 Å². The van der Waals surface area contributed by atoms with Crippen LogP contribution in [0.3, 0.4) is 0 Å². The zero-order valence-electron chi connectivity index (χ0n) is 9.39. The van der Waals surface area contributed by atoms with Crippen molar-refractivity contribution in [1.82, 2.24) is 4.90 Å². The summed E-state index contributed by atoms with van der Waals surface area (Å²) in [5, 5.41) is 0. The maximum absolute atomic E-state index is 12.1. The normalized spacial score (nSPS) is 21.6. The van der Waals surface area contributed by atoms with Gasteiger partial charge in [0, 0.05) is 6.54 Å². The molecule has 104 valence electrons. The molecule has 6 nitrogen and oxygen atoms in total. The molecule has 0 radical (unpaired) electrons. The van der Waals surface area contributed by atoms with Crippen LogP contribution < -0.4 is 0 Å². The third-order valence-corrected chi connectivity index (χ3v) is 3.18. The van der Waals surface area contributed by atoms with Gasteiger partial charge in [-0.2, -0.15) is 21.6 Å². The van der Waals surface area contributed by atoms with Gasteiger partial charge in [-0.05, 0) is 13.1 Å². The Labute approximate surface area is 101 Å². The van der Waals surface area contributed by atoms with Gasteiger partial charge in [0.1, 0.15) is 5.76 Å². The minimum absolute atomic E-state index is 0.0719. The number of methoxy groups -OCH3 is 1. The molecule has 0 bridgehead atoms. The fourth-order valence-corrected chi connectivity index (χ4v) is 1.84.